The fraction of sp³-hybridized carbons (Fsp3) is 0.120. The van der Waals surface area contributed by atoms with E-state index in [9.17, 15) is 0 Å². The topological polar surface area (TPSA) is 42.3 Å². The van der Waals surface area contributed by atoms with Gasteiger partial charge in [0.1, 0.15) is 11.8 Å². The average Bonchev–Trinajstić information content (AvgIpc) is 3.44. The first kappa shape index (κ1) is 21.8. The maximum absolute atomic E-state index is 6.59. The van der Waals surface area contributed by atoms with E-state index in [0.717, 1.165) is 28.5 Å². The number of rotatable bonds is 5. The number of ether oxygens (including phenoxy) is 1. The number of nitrogens with one attached hydrogen (secondary N) is 1. The number of halogens is 2. The monoisotopic (exact) mass is 494 g/mol. The number of hydrogen-bond acceptors (Lipinski definition) is 3. The molecule has 5 nitrogen and oxygen atoms in total. The third-order valence-electron chi connectivity index (χ3n) is 5.68. The highest BCUT2D eigenvalue weighted by molar-refractivity contribution is 7.80. The first-order valence-corrected chi connectivity index (χ1v) is 11.5. The first-order valence-electron chi connectivity index (χ1n) is 10.3. The smallest absolute Gasteiger partial charge is 0.174 e. The van der Waals surface area contributed by atoms with Gasteiger partial charge in [-0.05, 0) is 66.8 Å². The highest BCUT2D eigenvalue weighted by Crippen LogP contribution is 2.43. The lowest BCUT2D eigenvalue weighted by atomic mass is 10.0. The Morgan fingerprint density at radius 3 is 2.64 bits per heavy atom. The maximum atomic E-state index is 6.59. The minimum absolute atomic E-state index is 0.176. The van der Waals surface area contributed by atoms with Crippen LogP contribution in [0.2, 0.25) is 10.0 Å². The number of hydrogen-bond donors (Lipinski definition) is 1. The van der Waals surface area contributed by atoms with Gasteiger partial charge in [-0.25, -0.2) is 0 Å². The Balaban J connectivity index is 1.68. The Morgan fingerprint density at radius 2 is 1.88 bits per heavy atom. The summed E-state index contributed by atoms with van der Waals surface area (Å²) in [4.78, 5) is 6.73. The van der Waals surface area contributed by atoms with E-state index < -0.39 is 0 Å². The summed E-state index contributed by atoms with van der Waals surface area (Å²) in [5, 5.41) is 5.25. The summed E-state index contributed by atoms with van der Waals surface area (Å²) in [6, 6.07) is 23.0. The molecule has 1 aliphatic heterocycles. The summed E-state index contributed by atoms with van der Waals surface area (Å²) >= 11 is 18.6. The van der Waals surface area contributed by atoms with E-state index in [1.165, 1.54) is 0 Å². The average molecular weight is 495 g/mol. The molecule has 0 unspecified atom stereocenters. The second kappa shape index (κ2) is 9.06. The van der Waals surface area contributed by atoms with Gasteiger partial charge in [0.2, 0.25) is 0 Å². The Kier molecular flexibility index (Phi) is 5.98. The van der Waals surface area contributed by atoms with Crippen LogP contribution in [-0.2, 0) is 0 Å². The molecule has 0 saturated carbocycles. The van der Waals surface area contributed by atoms with Gasteiger partial charge in [0.05, 0.1) is 29.6 Å². The maximum Gasteiger partial charge on any atom is 0.174 e. The Hall–Kier alpha value is -3.06. The molecule has 2 aromatic carbocycles. The van der Waals surface area contributed by atoms with Crippen molar-refractivity contribution in [3.63, 3.8) is 0 Å². The number of aromatic nitrogens is 2. The van der Waals surface area contributed by atoms with Gasteiger partial charge < -0.3 is 19.5 Å². The summed E-state index contributed by atoms with van der Waals surface area (Å²) in [6.45, 7) is 0. The molecule has 3 heterocycles. The standard InChI is InChI=1S/C25H20Cl2N4OS/c1-32-18-7-4-6-17(15-18)31-24(23(29-25(31)33)20-8-2-3-12-28-20)22-9-5-13-30(22)21-11-10-16(26)14-19(21)27/h2-15,23-24H,1H3,(H,29,33)/t23-,24+/m0/s1. The predicted octanol–water partition coefficient (Wildman–Crippen LogP) is 6.36. The fourth-order valence-electron chi connectivity index (χ4n) is 4.22. The number of thiocarbonyl (C=S) groups is 1. The minimum atomic E-state index is -0.193. The van der Waals surface area contributed by atoms with Crippen molar-refractivity contribution in [1.82, 2.24) is 14.9 Å². The van der Waals surface area contributed by atoms with E-state index >= 15 is 0 Å². The molecule has 1 fully saturated rings. The normalized spacial score (nSPS) is 17.8. The molecule has 0 amide bonds. The summed E-state index contributed by atoms with van der Waals surface area (Å²) in [5.74, 6) is 0.756. The number of anilines is 1. The predicted molar refractivity (Wildman–Crippen MR) is 137 cm³/mol. The van der Waals surface area contributed by atoms with Crippen LogP contribution in [0.5, 0.6) is 5.75 Å². The van der Waals surface area contributed by atoms with Gasteiger partial charge in [0.25, 0.3) is 0 Å². The Bertz CT molecular complexity index is 1310. The number of pyridine rings is 1. The van der Waals surface area contributed by atoms with Crippen LogP contribution in [0.4, 0.5) is 5.69 Å². The van der Waals surface area contributed by atoms with Gasteiger partial charge in [-0.1, -0.05) is 35.3 Å². The summed E-state index contributed by atoms with van der Waals surface area (Å²) in [5.41, 5.74) is 3.66. The summed E-state index contributed by atoms with van der Waals surface area (Å²) in [6.07, 6.45) is 3.78. The second-order valence-electron chi connectivity index (χ2n) is 7.60. The zero-order valence-corrected chi connectivity index (χ0v) is 20.0. The molecule has 8 heteroatoms. The molecule has 0 bridgehead atoms. The highest BCUT2D eigenvalue weighted by Gasteiger charge is 2.42. The lowest BCUT2D eigenvalue weighted by Crippen LogP contribution is -2.30. The van der Waals surface area contributed by atoms with Crippen LogP contribution in [0.25, 0.3) is 5.69 Å². The third kappa shape index (κ3) is 4.06. The zero-order valence-electron chi connectivity index (χ0n) is 17.7. The molecule has 1 saturated heterocycles. The largest absolute Gasteiger partial charge is 0.497 e. The van der Waals surface area contributed by atoms with Crippen LogP contribution < -0.4 is 15.0 Å². The van der Waals surface area contributed by atoms with Gasteiger partial charge in [-0.3, -0.25) is 4.98 Å². The lowest BCUT2D eigenvalue weighted by molar-refractivity contribution is 0.414. The van der Waals surface area contributed by atoms with Crippen LogP contribution in [0.1, 0.15) is 23.5 Å². The van der Waals surface area contributed by atoms with Crippen molar-refractivity contribution in [2.75, 3.05) is 12.0 Å². The fourth-order valence-corrected chi connectivity index (χ4v) is 5.07. The number of nitrogens with zero attached hydrogens (tertiary/aromatic N) is 3. The zero-order chi connectivity index (χ0) is 22.9. The van der Waals surface area contributed by atoms with Crippen molar-refractivity contribution >= 4 is 46.2 Å². The van der Waals surface area contributed by atoms with E-state index in [-0.39, 0.29) is 12.1 Å². The third-order valence-corrected chi connectivity index (χ3v) is 6.53. The molecule has 1 aliphatic rings. The molecule has 166 valence electrons. The van der Waals surface area contributed by atoms with Crippen molar-refractivity contribution in [2.24, 2.45) is 0 Å². The van der Waals surface area contributed by atoms with E-state index in [0.29, 0.717) is 15.2 Å². The van der Waals surface area contributed by atoms with Crippen molar-refractivity contribution in [2.45, 2.75) is 12.1 Å². The van der Waals surface area contributed by atoms with Crippen molar-refractivity contribution in [1.29, 1.82) is 0 Å². The van der Waals surface area contributed by atoms with Crippen molar-refractivity contribution in [3.05, 3.63) is 107 Å². The van der Waals surface area contributed by atoms with E-state index in [2.05, 4.69) is 25.8 Å². The first-order chi connectivity index (χ1) is 16.1. The van der Waals surface area contributed by atoms with E-state index in [4.69, 9.17) is 40.2 Å². The molecular weight excluding hydrogens is 475 g/mol. The van der Waals surface area contributed by atoms with Gasteiger partial charge in [0.15, 0.2) is 5.11 Å². The van der Waals surface area contributed by atoms with Crippen LogP contribution in [0.3, 0.4) is 0 Å². The summed E-state index contributed by atoms with van der Waals surface area (Å²) < 4.78 is 7.54. The molecule has 1 N–H and O–H groups in total. The van der Waals surface area contributed by atoms with Crippen LogP contribution in [0.15, 0.2) is 85.2 Å². The van der Waals surface area contributed by atoms with Crippen molar-refractivity contribution < 1.29 is 4.74 Å². The number of benzene rings is 2. The van der Waals surface area contributed by atoms with E-state index in [1.54, 1.807) is 19.4 Å². The molecule has 4 aromatic rings. The molecule has 2 atom stereocenters. The van der Waals surface area contributed by atoms with Gasteiger partial charge in [0, 0.05) is 34.9 Å². The lowest BCUT2D eigenvalue weighted by Gasteiger charge is -2.29. The van der Waals surface area contributed by atoms with Gasteiger partial charge >= 0.3 is 0 Å². The Labute approximate surface area is 207 Å². The molecule has 0 aliphatic carbocycles. The molecular formula is C25H20Cl2N4OS. The molecule has 0 spiro atoms. The molecule has 0 radical (unpaired) electrons. The van der Waals surface area contributed by atoms with Crippen LogP contribution in [0, 0.1) is 0 Å². The van der Waals surface area contributed by atoms with Gasteiger partial charge in [-0.2, -0.15) is 0 Å². The highest BCUT2D eigenvalue weighted by atomic mass is 35.5. The minimum Gasteiger partial charge on any atom is -0.497 e. The molecule has 2 aromatic heterocycles. The SMILES string of the molecule is COc1cccc(N2C(=S)N[C@@H](c3ccccn3)[C@H]2c2cccn2-c2ccc(Cl)cc2Cl)c1. The van der Waals surface area contributed by atoms with Crippen LogP contribution >= 0.6 is 35.4 Å². The van der Waals surface area contributed by atoms with E-state index in [1.807, 2.05) is 66.9 Å². The molecule has 33 heavy (non-hydrogen) atoms. The summed E-state index contributed by atoms with van der Waals surface area (Å²) in [7, 11) is 1.65. The number of methoxy groups -OCH3 is 1. The Morgan fingerprint density at radius 1 is 1.00 bits per heavy atom. The molecule has 5 rings (SSSR count). The second-order valence-corrected chi connectivity index (χ2v) is 8.83. The van der Waals surface area contributed by atoms with Gasteiger partial charge in [-0.15, -0.1) is 0 Å². The van der Waals surface area contributed by atoms with Crippen LogP contribution in [-0.4, -0.2) is 21.8 Å². The quantitative estimate of drug-likeness (QED) is 0.326. The van der Waals surface area contributed by atoms with Crippen molar-refractivity contribution in [3.8, 4) is 11.4 Å².